The highest BCUT2D eigenvalue weighted by molar-refractivity contribution is 5.99. The van der Waals surface area contributed by atoms with Crippen LogP contribution in [0, 0.1) is 5.92 Å². The van der Waals surface area contributed by atoms with Gasteiger partial charge in [0.25, 0.3) is 0 Å². The van der Waals surface area contributed by atoms with Crippen LogP contribution in [0.3, 0.4) is 0 Å². The zero-order chi connectivity index (χ0) is 14.4. The van der Waals surface area contributed by atoms with Crippen LogP contribution >= 0.6 is 0 Å². The molecule has 19 heavy (non-hydrogen) atoms. The minimum absolute atomic E-state index is 0.0277. The summed E-state index contributed by atoms with van der Waals surface area (Å²) in [7, 11) is 1.55. The average Bonchev–Trinajstić information content (AvgIpc) is 2.43. The Kier molecular flexibility index (Phi) is 5.63. The number of hydrogen-bond donors (Lipinski definition) is 2. The molecule has 5 heteroatoms. The lowest BCUT2D eigenvalue weighted by Crippen LogP contribution is -2.16. The SMILES string of the molecule is COc1cc(COC(C)C(C)C)ccc1/C(N)=N/O. The zero-order valence-corrected chi connectivity index (χ0v) is 11.9. The second-order valence-electron chi connectivity index (χ2n) is 4.78. The molecule has 1 unspecified atom stereocenters. The highest BCUT2D eigenvalue weighted by atomic mass is 16.5. The van der Waals surface area contributed by atoms with E-state index >= 15 is 0 Å². The molecule has 0 fully saturated rings. The first-order chi connectivity index (χ1) is 8.99. The largest absolute Gasteiger partial charge is 0.496 e. The molecule has 0 saturated heterocycles. The van der Waals surface area contributed by atoms with E-state index in [0.29, 0.717) is 23.8 Å². The smallest absolute Gasteiger partial charge is 0.173 e. The molecular formula is C14H22N2O3. The summed E-state index contributed by atoms with van der Waals surface area (Å²) < 4.78 is 11.0. The Morgan fingerprint density at radius 3 is 2.58 bits per heavy atom. The molecule has 0 amide bonds. The highest BCUT2D eigenvalue weighted by Crippen LogP contribution is 2.21. The van der Waals surface area contributed by atoms with E-state index < -0.39 is 0 Å². The number of ether oxygens (including phenoxy) is 2. The van der Waals surface area contributed by atoms with Crippen molar-refractivity contribution in [2.45, 2.75) is 33.5 Å². The maximum atomic E-state index is 8.70. The minimum atomic E-state index is 0.0277. The second kappa shape index (κ2) is 6.99. The van der Waals surface area contributed by atoms with Gasteiger partial charge in [-0.15, -0.1) is 0 Å². The van der Waals surface area contributed by atoms with Crippen molar-refractivity contribution < 1.29 is 14.7 Å². The number of nitrogens with zero attached hydrogens (tertiary/aromatic N) is 1. The number of benzene rings is 1. The first-order valence-corrected chi connectivity index (χ1v) is 6.26. The van der Waals surface area contributed by atoms with Gasteiger partial charge in [-0.2, -0.15) is 0 Å². The molecule has 5 nitrogen and oxygen atoms in total. The van der Waals surface area contributed by atoms with Crippen LogP contribution in [0.4, 0.5) is 0 Å². The van der Waals surface area contributed by atoms with E-state index in [4.69, 9.17) is 20.4 Å². The van der Waals surface area contributed by atoms with Crippen LogP contribution in [0.25, 0.3) is 0 Å². The third kappa shape index (κ3) is 4.13. The Morgan fingerprint density at radius 2 is 2.05 bits per heavy atom. The van der Waals surface area contributed by atoms with Crippen molar-refractivity contribution in [2.24, 2.45) is 16.8 Å². The number of methoxy groups -OCH3 is 1. The molecule has 1 atom stereocenters. The van der Waals surface area contributed by atoms with E-state index in [1.54, 1.807) is 13.2 Å². The van der Waals surface area contributed by atoms with E-state index in [1.165, 1.54) is 0 Å². The number of amidine groups is 1. The van der Waals surface area contributed by atoms with Crippen LogP contribution in [0.1, 0.15) is 31.9 Å². The van der Waals surface area contributed by atoms with Crippen molar-refractivity contribution >= 4 is 5.84 Å². The Morgan fingerprint density at radius 1 is 1.37 bits per heavy atom. The Bertz CT molecular complexity index is 444. The van der Waals surface area contributed by atoms with Gasteiger partial charge >= 0.3 is 0 Å². The van der Waals surface area contributed by atoms with Crippen LogP contribution in [0.15, 0.2) is 23.4 Å². The zero-order valence-electron chi connectivity index (χ0n) is 11.9. The molecule has 0 aliphatic heterocycles. The van der Waals surface area contributed by atoms with Gasteiger partial charge in [-0.05, 0) is 30.5 Å². The van der Waals surface area contributed by atoms with E-state index in [1.807, 2.05) is 19.1 Å². The lowest BCUT2D eigenvalue weighted by Gasteiger charge is -2.17. The normalized spacial score (nSPS) is 13.6. The number of rotatable bonds is 6. The lowest BCUT2D eigenvalue weighted by atomic mass is 10.1. The van der Waals surface area contributed by atoms with Gasteiger partial charge < -0.3 is 20.4 Å². The second-order valence-corrected chi connectivity index (χ2v) is 4.78. The van der Waals surface area contributed by atoms with E-state index in [9.17, 15) is 0 Å². The first kappa shape index (κ1) is 15.3. The third-order valence-corrected chi connectivity index (χ3v) is 3.10. The van der Waals surface area contributed by atoms with Gasteiger partial charge in [0.1, 0.15) is 5.75 Å². The summed E-state index contributed by atoms with van der Waals surface area (Å²) in [5.74, 6) is 1.06. The fourth-order valence-electron chi connectivity index (χ4n) is 1.51. The molecule has 0 bridgehead atoms. The van der Waals surface area contributed by atoms with E-state index in [0.717, 1.165) is 5.56 Å². The van der Waals surface area contributed by atoms with Crippen LogP contribution in [-0.4, -0.2) is 24.3 Å². The Labute approximate surface area is 114 Å². The maximum absolute atomic E-state index is 8.70. The minimum Gasteiger partial charge on any atom is -0.496 e. The molecule has 1 aromatic rings. The van der Waals surface area contributed by atoms with Crippen molar-refractivity contribution in [1.29, 1.82) is 0 Å². The summed E-state index contributed by atoms with van der Waals surface area (Å²) in [4.78, 5) is 0. The van der Waals surface area contributed by atoms with Gasteiger partial charge in [0.2, 0.25) is 0 Å². The molecule has 0 aliphatic carbocycles. The maximum Gasteiger partial charge on any atom is 0.173 e. The summed E-state index contributed by atoms with van der Waals surface area (Å²) in [6.07, 6.45) is 0.190. The van der Waals surface area contributed by atoms with E-state index in [2.05, 4.69) is 19.0 Å². The van der Waals surface area contributed by atoms with E-state index in [-0.39, 0.29) is 11.9 Å². The summed E-state index contributed by atoms with van der Waals surface area (Å²) in [6, 6.07) is 5.47. The molecule has 0 saturated carbocycles. The summed E-state index contributed by atoms with van der Waals surface area (Å²) in [5, 5.41) is 11.7. The molecule has 1 rings (SSSR count). The van der Waals surface area contributed by atoms with Crippen LogP contribution in [0.5, 0.6) is 5.75 Å². The summed E-state index contributed by atoms with van der Waals surface area (Å²) in [6.45, 7) is 6.79. The van der Waals surface area contributed by atoms with Crippen molar-refractivity contribution in [3.8, 4) is 5.75 Å². The standard InChI is InChI=1S/C14H22N2O3/c1-9(2)10(3)19-8-11-5-6-12(14(15)16-17)13(7-11)18-4/h5-7,9-10,17H,8H2,1-4H3,(H2,15,16). The van der Waals surface area contributed by atoms with Crippen molar-refractivity contribution in [3.63, 3.8) is 0 Å². The predicted octanol–water partition coefficient (Wildman–Crippen LogP) is 2.35. The van der Waals surface area contributed by atoms with Gasteiger partial charge in [0.05, 0.1) is 25.4 Å². The van der Waals surface area contributed by atoms with Crippen molar-refractivity contribution in [1.82, 2.24) is 0 Å². The quantitative estimate of drug-likeness (QED) is 0.358. The lowest BCUT2D eigenvalue weighted by molar-refractivity contribution is 0.0234. The van der Waals surface area contributed by atoms with Gasteiger partial charge in [-0.3, -0.25) is 0 Å². The highest BCUT2D eigenvalue weighted by Gasteiger charge is 2.11. The average molecular weight is 266 g/mol. The molecule has 0 aliphatic rings. The molecule has 106 valence electrons. The number of hydrogen-bond acceptors (Lipinski definition) is 4. The van der Waals surface area contributed by atoms with Crippen LogP contribution in [-0.2, 0) is 11.3 Å². The van der Waals surface area contributed by atoms with Gasteiger partial charge in [-0.25, -0.2) is 0 Å². The summed E-state index contributed by atoms with van der Waals surface area (Å²) >= 11 is 0. The number of nitrogens with two attached hydrogens (primary N) is 1. The number of oxime groups is 1. The molecule has 0 heterocycles. The molecule has 3 N–H and O–H groups in total. The van der Waals surface area contributed by atoms with Gasteiger partial charge in [0, 0.05) is 0 Å². The molecule has 0 radical (unpaired) electrons. The first-order valence-electron chi connectivity index (χ1n) is 6.26. The molecular weight excluding hydrogens is 244 g/mol. The molecule has 0 spiro atoms. The topological polar surface area (TPSA) is 77.1 Å². The van der Waals surface area contributed by atoms with Crippen molar-refractivity contribution in [3.05, 3.63) is 29.3 Å². The monoisotopic (exact) mass is 266 g/mol. The molecule has 0 aromatic heterocycles. The van der Waals surface area contributed by atoms with Gasteiger partial charge in [-0.1, -0.05) is 25.1 Å². The summed E-state index contributed by atoms with van der Waals surface area (Å²) in [5.41, 5.74) is 7.12. The van der Waals surface area contributed by atoms with Crippen molar-refractivity contribution in [2.75, 3.05) is 7.11 Å². The third-order valence-electron chi connectivity index (χ3n) is 3.10. The van der Waals surface area contributed by atoms with Crippen LogP contribution in [0.2, 0.25) is 0 Å². The fourth-order valence-corrected chi connectivity index (χ4v) is 1.51. The molecule has 1 aromatic carbocycles. The Hall–Kier alpha value is -1.75. The predicted molar refractivity (Wildman–Crippen MR) is 74.6 cm³/mol. The fraction of sp³-hybridized carbons (Fsp3) is 0.500. The van der Waals surface area contributed by atoms with Gasteiger partial charge in [0.15, 0.2) is 5.84 Å². The van der Waals surface area contributed by atoms with Crippen LogP contribution < -0.4 is 10.5 Å². The Balaban J connectivity index is 2.83.